The predicted octanol–water partition coefficient (Wildman–Crippen LogP) is 3.83. The number of hydrogen-bond acceptors (Lipinski definition) is 3. The van der Waals surface area contributed by atoms with E-state index in [1.807, 2.05) is 55.5 Å². The summed E-state index contributed by atoms with van der Waals surface area (Å²) in [6, 6.07) is 15.7. The molecular weight excluding hydrogens is 300 g/mol. The van der Waals surface area contributed by atoms with Gasteiger partial charge in [0.1, 0.15) is 0 Å². The van der Waals surface area contributed by atoms with E-state index < -0.39 is 0 Å². The minimum Gasteiger partial charge on any atom is -0.332 e. The standard InChI is InChI=1S/C16H14N2OS2/c1-11-6-8-12(9-7-11)17-16(20)18-13-4-2-3-5-14(13)21-10-15(18)19/h2-9H,10H2,1H3,(H,17,20). The summed E-state index contributed by atoms with van der Waals surface area (Å²) in [5.41, 5.74) is 2.92. The van der Waals surface area contributed by atoms with Crippen LogP contribution in [-0.2, 0) is 4.79 Å². The molecule has 106 valence electrons. The van der Waals surface area contributed by atoms with Crippen molar-refractivity contribution in [1.29, 1.82) is 0 Å². The maximum absolute atomic E-state index is 12.2. The second-order valence-electron chi connectivity index (χ2n) is 4.78. The highest BCUT2D eigenvalue weighted by molar-refractivity contribution is 8.00. The summed E-state index contributed by atoms with van der Waals surface area (Å²) in [5, 5.41) is 3.55. The zero-order valence-electron chi connectivity index (χ0n) is 11.5. The molecule has 0 unspecified atom stereocenters. The number of anilines is 2. The average molecular weight is 314 g/mol. The smallest absolute Gasteiger partial charge is 0.243 e. The molecule has 2 aromatic rings. The zero-order chi connectivity index (χ0) is 14.8. The molecule has 1 heterocycles. The van der Waals surface area contributed by atoms with Gasteiger partial charge in [0.25, 0.3) is 0 Å². The van der Waals surface area contributed by atoms with E-state index in [1.165, 1.54) is 5.56 Å². The number of thiocarbonyl (C=S) groups is 1. The van der Waals surface area contributed by atoms with Crippen molar-refractivity contribution in [3.63, 3.8) is 0 Å². The lowest BCUT2D eigenvalue weighted by molar-refractivity contribution is -0.115. The summed E-state index contributed by atoms with van der Waals surface area (Å²) in [5.74, 6) is 0.413. The Balaban J connectivity index is 1.87. The van der Waals surface area contributed by atoms with Crippen LogP contribution in [0.4, 0.5) is 11.4 Å². The van der Waals surface area contributed by atoms with Gasteiger partial charge in [-0.3, -0.25) is 9.69 Å². The van der Waals surface area contributed by atoms with Gasteiger partial charge in [-0.1, -0.05) is 29.8 Å². The molecule has 1 amide bonds. The van der Waals surface area contributed by atoms with Gasteiger partial charge in [0.05, 0.1) is 11.4 Å². The molecule has 0 atom stereocenters. The molecule has 0 aliphatic carbocycles. The van der Waals surface area contributed by atoms with Crippen LogP contribution >= 0.6 is 24.0 Å². The van der Waals surface area contributed by atoms with Gasteiger partial charge >= 0.3 is 0 Å². The molecule has 0 saturated heterocycles. The van der Waals surface area contributed by atoms with Crippen LogP contribution in [0.5, 0.6) is 0 Å². The molecule has 3 nitrogen and oxygen atoms in total. The van der Waals surface area contributed by atoms with Crippen molar-refractivity contribution in [2.45, 2.75) is 11.8 Å². The quantitative estimate of drug-likeness (QED) is 0.811. The Morgan fingerprint density at radius 1 is 1.19 bits per heavy atom. The van der Waals surface area contributed by atoms with Crippen molar-refractivity contribution in [2.75, 3.05) is 16.0 Å². The summed E-state index contributed by atoms with van der Waals surface area (Å²) in [7, 11) is 0. The van der Waals surface area contributed by atoms with E-state index in [1.54, 1.807) is 16.7 Å². The minimum atomic E-state index is 0.00307. The highest BCUT2D eigenvalue weighted by Crippen LogP contribution is 2.35. The Kier molecular flexibility index (Phi) is 3.94. The molecule has 2 aromatic carbocycles. The summed E-state index contributed by atoms with van der Waals surface area (Å²) >= 11 is 6.97. The van der Waals surface area contributed by atoms with Crippen LogP contribution in [0.3, 0.4) is 0 Å². The molecule has 5 heteroatoms. The number of thioether (sulfide) groups is 1. The molecule has 0 aromatic heterocycles. The first-order valence-electron chi connectivity index (χ1n) is 6.57. The highest BCUT2D eigenvalue weighted by Gasteiger charge is 2.27. The van der Waals surface area contributed by atoms with Gasteiger partial charge in [-0.15, -0.1) is 11.8 Å². The van der Waals surface area contributed by atoms with Crippen molar-refractivity contribution < 1.29 is 4.79 Å². The number of nitrogens with zero attached hydrogens (tertiary/aromatic N) is 1. The first-order chi connectivity index (χ1) is 10.1. The Hall–Kier alpha value is -1.85. The number of hydrogen-bond donors (Lipinski definition) is 1. The third kappa shape index (κ3) is 2.94. The third-order valence-electron chi connectivity index (χ3n) is 3.21. The molecular formula is C16H14N2OS2. The second-order valence-corrected chi connectivity index (χ2v) is 6.19. The third-order valence-corrected chi connectivity index (χ3v) is 4.54. The lowest BCUT2D eigenvalue weighted by Gasteiger charge is -2.29. The number of aryl methyl sites for hydroxylation is 1. The number of amides is 1. The molecule has 1 aliphatic rings. The summed E-state index contributed by atoms with van der Waals surface area (Å²) in [4.78, 5) is 14.9. The van der Waals surface area contributed by atoms with E-state index in [0.717, 1.165) is 16.3 Å². The van der Waals surface area contributed by atoms with Gasteiger partial charge in [-0.05, 0) is 43.4 Å². The maximum Gasteiger partial charge on any atom is 0.243 e. The number of nitrogens with one attached hydrogen (secondary N) is 1. The van der Waals surface area contributed by atoms with E-state index >= 15 is 0 Å². The Morgan fingerprint density at radius 2 is 1.90 bits per heavy atom. The normalized spacial score (nSPS) is 13.8. The van der Waals surface area contributed by atoms with Crippen LogP contribution in [-0.4, -0.2) is 16.8 Å². The van der Waals surface area contributed by atoms with Crippen LogP contribution in [0.15, 0.2) is 53.4 Å². The van der Waals surface area contributed by atoms with Crippen LogP contribution in [0.2, 0.25) is 0 Å². The molecule has 0 spiro atoms. The Morgan fingerprint density at radius 3 is 2.67 bits per heavy atom. The number of carbonyl (C=O) groups excluding carboxylic acids is 1. The monoisotopic (exact) mass is 314 g/mol. The fraction of sp³-hybridized carbons (Fsp3) is 0.125. The molecule has 0 saturated carbocycles. The van der Waals surface area contributed by atoms with Crippen molar-refractivity contribution in [1.82, 2.24) is 0 Å². The van der Waals surface area contributed by atoms with E-state index in [4.69, 9.17) is 12.2 Å². The number of fused-ring (bicyclic) bond motifs is 1. The Labute approximate surface area is 133 Å². The van der Waals surface area contributed by atoms with Crippen molar-refractivity contribution in [3.8, 4) is 0 Å². The summed E-state index contributed by atoms with van der Waals surface area (Å²) < 4.78 is 0. The first kappa shape index (κ1) is 14.1. The topological polar surface area (TPSA) is 32.3 Å². The predicted molar refractivity (Wildman–Crippen MR) is 92.1 cm³/mol. The molecule has 1 aliphatic heterocycles. The van der Waals surface area contributed by atoms with Gasteiger partial charge in [-0.2, -0.15) is 0 Å². The van der Waals surface area contributed by atoms with Gasteiger partial charge < -0.3 is 5.32 Å². The molecule has 21 heavy (non-hydrogen) atoms. The molecule has 3 rings (SSSR count). The number of carbonyl (C=O) groups is 1. The van der Waals surface area contributed by atoms with Gasteiger partial charge in [0.2, 0.25) is 5.91 Å². The molecule has 1 N–H and O–H groups in total. The largest absolute Gasteiger partial charge is 0.332 e. The molecule has 0 radical (unpaired) electrons. The van der Waals surface area contributed by atoms with Crippen LogP contribution < -0.4 is 10.2 Å². The zero-order valence-corrected chi connectivity index (χ0v) is 13.1. The van der Waals surface area contributed by atoms with Gasteiger partial charge in [0, 0.05) is 10.6 Å². The van der Waals surface area contributed by atoms with Crippen LogP contribution in [0, 0.1) is 6.92 Å². The van der Waals surface area contributed by atoms with E-state index in [2.05, 4.69) is 5.32 Å². The fourth-order valence-corrected chi connectivity index (χ4v) is 3.35. The summed E-state index contributed by atoms with van der Waals surface area (Å²) in [6.07, 6.45) is 0. The number of para-hydroxylation sites is 1. The van der Waals surface area contributed by atoms with Gasteiger partial charge in [-0.25, -0.2) is 0 Å². The first-order valence-corrected chi connectivity index (χ1v) is 7.97. The second kappa shape index (κ2) is 5.87. The van der Waals surface area contributed by atoms with Crippen molar-refractivity contribution in [2.24, 2.45) is 0 Å². The van der Waals surface area contributed by atoms with Gasteiger partial charge in [0.15, 0.2) is 5.11 Å². The fourth-order valence-electron chi connectivity index (χ4n) is 2.14. The summed E-state index contributed by atoms with van der Waals surface area (Å²) in [6.45, 7) is 2.03. The maximum atomic E-state index is 12.2. The number of rotatable bonds is 1. The van der Waals surface area contributed by atoms with Crippen molar-refractivity contribution in [3.05, 3.63) is 54.1 Å². The number of benzene rings is 2. The Bertz CT molecular complexity index is 698. The SMILES string of the molecule is Cc1ccc(NC(=S)N2C(=O)CSc3ccccc32)cc1. The highest BCUT2D eigenvalue weighted by atomic mass is 32.2. The van der Waals surface area contributed by atoms with E-state index in [-0.39, 0.29) is 5.91 Å². The lowest BCUT2D eigenvalue weighted by Crippen LogP contribution is -2.43. The van der Waals surface area contributed by atoms with E-state index in [9.17, 15) is 4.79 Å². The van der Waals surface area contributed by atoms with Crippen LogP contribution in [0.1, 0.15) is 5.56 Å². The van der Waals surface area contributed by atoms with E-state index in [0.29, 0.717) is 10.9 Å². The minimum absolute atomic E-state index is 0.00307. The molecule has 0 bridgehead atoms. The van der Waals surface area contributed by atoms with Crippen molar-refractivity contribution >= 4 is 46.4 Å². The molecule has 0 fully saturated rings. The average Bonchev–Trinajstić information content (AvgIpc) is 2.49. The lowest BCUT2D eigenvalue weighted by atomic mass is 10.2. The van der Waals surface area contributed by atoms with Crippen LogP contribution in [0.25, 0.3) is 0 Å².